The molecule has 1 saturated heterocycles. The molecule has 1 spiro atoms. The van der Waals surface area contributed by atoms with Crippen LogP contribution in [0.1, 0.15) is 34.5 Å². The number of pyridine rings is 3. The molecule has 0 atom stereocenters. The smallest absolute Gasteiger partial charge is 0.251 e. The van der Waals surface area contributed by atoms with E-state index < -0.39 is 0 Å². The minimum absolute atomic E-state index is 0.156. The molecule has 36 heavy (non-hydrogen) atoms. The molecule has 6 rings (SSSR count). The van der Waals surface area contributed by atoms with Gasteiger partial charge in [0.2, 0.25) is 0 Å². The minimum atomic E-state index is -0.325. The van der Waals surface area contributed by atoms with Crippen molar-refractivity contribution in [3.05, 3.63) is 83.4 Å². The summed E-state index contributed by atoms with van der Waals surface area (Å²) < 4.78 is 14.6. The van der Waals surface area contributed by atoms with Crippen LogP contribution in [0.15, 0.2) is 60.8 Å². The predicted octanol–water partition coefficient (Wildman–Crippen LogP) is 4.01. The number of halogens is 1. The predicted molar refractivity (Wildman–Crippen MR) is 137 cm³/mol. The van der Waals surface area contributed by atoms with Gasteiger partial charge in [-0.25, -0.2) is 14.4 Å². The van der Waals surface area contributed by atoms with Gasteiger partial charge in [0.25, 0.3) is 5.91 Å². The van der Waals surface area contributed by atoms with Crippen LogP contribution in [0.3, 0.4) is 0 Å². The SMILES string of the molecule is Cc1ccc(C(=O)NCc2cc3nc(-c4cc(F)cc(N5CCNC6(CC6)C5)n4)ccc3cn2)cc1. The summed E-state index contributed by atoms with van der Waals surface area (Å²) >= 11 is 0. The standard InChI is InChI=1S/C28H27FN6O/c1-18-2-4-19(5-3-18)27(36)31-16-22-14-24-20(15-30-22)6-7-23(33-24)25-12-21(29)13-26(34-25)35-11-10-32-28(17-35)8-9-28/h2-7,12-15,32H,8-11,16-17H2,1H3,(H,31,36). The lowest BCUT2D eigenvalue weighted by Gasteiger charge is -2.35. The van der Waals surface area contributed by atoms with Gasteiger partial charge in [-0.15, -0.1) is 0 Å². The normalized spacial score (nSPS) is 16.3. The van der Waals surface area contributed by atoms with Gasteiger partial charge in [-0.3, -0.25) is 9.78 Å². The number of piperazine rings is 1. The lowest BCUT2D eigenvalue weighted by molar-refractivity contribution is 0.0950. The molecule has 1 aliphatic heterocycles. The molecule has 3 aromatic heterocycles. The van der Waals surface area contributed by atoms with Gasteiger partial charge >= 0.3 is 0 Å². The third-order valence-corrected chi connectivity index (χ3v) is 6.97. The van der Waals surface area contributed by atoms with E-state index in [9.17, 15) is 9.18 Å². The highest BCUT2D eigenvalue weighted by Gasteiger charge is 2.45. The van der Waals surface area contributed by atoms with Crippen LogP contribution in [-0.4, -0.2) is 46.0 Å². The lowest BCUT2D eigenvalue weighted by atomic mass is 10.1. The van der Waals surface area contributed by atoms with Gasteiger partial charge < -0.3 is 15.5 Å². The van der Waals surface area contributed by atoms with Gasteiger partial charge in [0.1, 0.15) is 11.6 Å². The van der Waals surface area contributed by atoms with Gasteiger partial charge in [-0.05, 0) is 50.1 Å². The van der Waals surface area contributed by atoms with Gasteiger partial charge in [0, 0.05) is 54.5 Å². The van der Waals surface area contributed by atoms with Gasteiger partial charge in [-0.1, -0.05) is 17.7 Å². The molecule has 8 heteroatoms. The largest absolute Gasteiger partial charge is 0.353 e. The Labute approximate surface area is 208 Å². The monoisotopic (exact) mass is 482 g/mol. The molecule has 1 amide bonds. The molecule has 0 radical (unpaired) electrons. The third kappa shape index (κ3) is 4.64. The average Bonchev–Trinajstić information content (AvgIpc) is 3.64. The zero-order valence-corrected chi connectivity index (χ0v) is 20.1. The van der Waals surface area contributed by atoms with Crippen LogP contribution in [0.5, 0.6) is 0 Å². The number of benzene rings is 1. The summed E-state index contributed by atoms with van der Waals surface area (Å²) in [6.45, 7) is 4.78. The summed E-state index contributed by atoms with van der Waals surface area (Å²) in [6.07, 6.45) is 4.04. The second-order valence-electron chi connectivity index (χ2n) is 9.77. The molecule has 2 aliphatic rings. The van der Waals surface area contributed by atoms with E-state index in [0.717, 1.165) is 43.4 Å². The molecular weight excluding hydrogens is 455 g/mol. The highest BCUT2D eigenvalue weighted by molar-refractivity contribution is 5.94. The summed E-state index contributed by atoms with van der Waals surface area (Å²) in [4.78, 5) is 28.6. The van der Waals surface area contributed by atoms with Crippen molar-refractivity contribution in [1.82, 2.24) is 25.6 Å². The van der Waals surface area contributed by atoms with Crippen molar-refractivity contribution in [3.8, 4) is 11.4 Å². The number of hydrogen-bond donors (Lipinski definition) is 2. The van der Waals surface area contributed by atoms with Crippen LogP contribution in [0.25, 0.3) is 22.3 Å². The number of rotatable bonds is 5. The Kier molecular flexibility index (Phi) is 5.60. The number of fused-ring (bicyclic) bond motifs is 1. The van der Waals surface area contributed by atoms with Crippen molar-refractivity contribution in [2.24, 2.45) is 0 Å². The highest BCUT2D eigenvalue weighted by Crippen LogP contribution is 2.38. The van der Waals surface area contributed by atoms with Crippen LogP contribution >= 0.6 is 0 Å². The minimum Gasteiger partial charge on any atom is -0.353 e. The molecule has 4 heterocycles. The molecule has 4 aromatic rings. The zero-order chi connectivity index (χ0) is 24.7. The maximum Gasteiger partial charge on any atom is 0.251 e. The number of hydrogen-bond acceptors (Lipinski definition) is 6. The van der Waals surface area contributed by atoms with Gasteiger partial charge in [-0.2, -0.15) is 0 Å². The van der Waals surface area contributed by atoms with E-state index in [2.05, 4.69) is 20.5 Å². The number of nitrogens with zero attached hydrogens (tertiary/aromatic N) is 4. The number of carbonyl (C=O) groups is 1. The van der Waals surface area contributed by atoms with Crippen LogP contribution in [0.2, 0.25) is 0 Å². The van der Waals surface area contributed by atoms with Crippen molar-refractivity contribution in [3.63, 3.8) is 0 Å². The molecular formula is C28H27FN6O. The van der Waals surface area contributed by atoms with E-state index in [1.807, 2.05) is 37.3 Å². The molecule has 182 valence electrons. The molecule has 0 bridgehead atoms. The molecule has 1 aromatic carbocycles. The van der Waals surface area contributed by atoms with E-state index in [4.69, 9.17) is 9.97 Å². The Balaban J connectivity index is 1.23. The number of carbonyl (C=O) groups excluding carboxylic acids is 1. The maximum atomic E-state index is 14.6. The summed E-state index contributed by atoms with van der Waals surface area (Å²) in [7, 11) is 0. The molecule has 2 N–H and O–H groups in total. The third-order valence-electron chi connectivity index (χ3n) is 6.97. The van der Waals surface area contributed by atoms with Crippen LogP contribution in [0, 0.1) is 12.7 Å². The Bertz CT molecular complexity index is 1450. The van der Waals surface area contributed by atoms with Crippen molar-refractivity contribution in [2.75, 3.05) is 24.5 Å². The van der Waals surface area contributed by atoms with Crippen molar-refractivity contribution < 1.29 is 9.18 Å². The molecule has 2 fully saturated rings. The first-order chi connectivity index (χ1) is 17.5. The van der Waals surface area contributed by atoms with Gasteiger partial charge in [0.05, 0.1) is 29.1 Å². The van der Waals surface area contributed by atoms with Crippen molar-refractivity contribution >= 4 is 22.6 Å². The fourth-order valence-electron chi connectivity index (χ4n) is 4.69. The first-order valence-corrected chi connectivity index (χ1v) is 12.2. The topological polar surface area (TPSA) is 83.0 Å². The van der Waals surface area contributed by atoms with E-state index in [0.29, 0.717) is 34.0 Å². The molecule has 1 saturated carbocycles. The van der Waals surface area contributed by atoms with Crippen LogP contribution < -0.4 is 15.5 Å². The Morgan fingerprint density at radius 3 is 2.72 bits per heavy atom. The van der Waals surface area contributed by atoms with E-state index in [-0.39, 0.29) is 23.8 Å². The highest BCUT2D eigenvalue weighted by atomic mass is 19.1. The van der Waals surface area contributed by atoms with Crippen molar-refractivity contribution in [2.45, 2.75) is 31.8 Å². The second kappa shape index (κ2) is 8.95. The molecule has 7 nitrogen and oxygen atoms in total. The van der Waals surface area contributed by atoms with E-state index >= 15 is 0 Å². The van der Waals surface area contributed by atoms with E-state index in [1.54, 1.807) is 18.3 Å². The quantitative estimate of drug-likeness (QED) is 0.447. The zero-order valence-electron chi connectivity index (χ0n) is 20.1. The summed E-state index contributed by atoms with van der Waals surface area (Å²) in [5, 5.41) is 7.35. The number of aromatic nitrogens is 3. The lowest BCUT2D eigenvalue weighted by Crippen LogP contribution is -2.52. The second-order valence-corrected chi connectivity index (χ2v) is 9.77. The summed E-state index contributed by atoms with van der Waals surface area (Å²) in [6, 6.07) is 16.0. The summed E-state index contributed by atoms with van der Waals surface area (Å²) in [5.74, 6) is 0.166. The molecule has 1 aliphatic carbocycles. The fourth-order valence-corrected chi connectivity index (χ4v) is 4.69. The number of aryl methyl sites for hydroxylation is 1. The van der Waals surface area contributed by atoms with Crippen LogP contribution in [-0.2, 0) is 6.54 Å². The first kappa shape index (κ1) is 22.5. The van der Waals surface area contributed by atoms with Gasteiger partial charge in [0.15, 0.2) is 0 Å². The summed E-state index contributed by atoms with van der Waals surface area (Å²) in [5.41, 5.74) is 4.38. The maximum absolute atomic E-state index is 14.6. The Hall–Kier alpha value is -3.91. The number of nitrogens with one attached hydrogen (secondary N) is 2. The first-order valence-electron chi connectivity index (χ1n) is 12.2. The Morgan fingerprint density at radius 2 is 1.92 bits per heavy atom. The number of amides is 1. The Morgan fingerprint density at radius 1 is 1.08 bits per heavy atom. The molecule has 0 unspecified atom stereocenters. The van der Waals surface area contributed by atoms with E-state index in [1.165, 1.54) is 12.1 Å². The van der Waals surface area contributed by atoms with Crippen LogP contribution in [0.4, 0.5) is 10.2 Å². The average molecular weight is 483 g/mol. The fraction of sp³-hybridized carbons (Fsp3) is 0.286. The van der Waals surface area contributed by atoms with Crippen molar-refractivity contribution in [1.29, 1.82) is 0 Å². The number of anilines is 1.